The van der Waals surface area contributed by atoms with Crippen molar-refractivity contribution in [3.63, 3.8) is 0 Å². The van der Waals surface area contributed by atoms with Crippen LogP contribution in [0.25, 0.3) is 0 Å². The summed E-state index contributed by atoms with van der Waals surface area (Å²) in [6.45, 7) is 0. The van der Waals surface area contributed by atoms with Gasteiger partial charge in [-0.3, -0.25) is 0 Å². The van der Waals surface area contributed by atoms with E-state index < -0.39 is 0 Å². The van der Waals surface area contributed by atoms with Gasteiger partial charge in [0.25, 0.3) is 0 Å². The molecule has 2 heterocycles. The molecule has 1 aromatic carbocycles. The fourth-order valence-corrected chi connectivity index (χ4v) is 3.67. The normalized spacial score (nSPS) is 32.4. The highest BCUT2D eigenvalue weighted by Gasteiger charge is 2.36. The highest BCUT2D eigenvalue weighted by atomic mass is 35.5. The minimum absolute atomic E-state index is 0.00824. The van der Waals surface area contributed by atoms with Crippen LogP contribution in [0, 0.1) is 5.92 Å². The topological polar surface area (TPSA) is 64.1 Å². The Morgan fingerprint density at radius 1 is 1.22 bits per heavy atom. The summed E-state index contributed by atoms with van der Waals surface area (Å²) in [4.78, 5) is 0. The fourth-order valence-electron chi connectivity index (χ4n) is 3.49. The lowest BCUT2D eigenvalue weighted by Gasteiger charge is -2.33. The van der Waals surface area contributed by atoms with E-state index in [1.165, 1.54) is 12.8 Å². The molecule has 0 radical (unpaired) electrons. The van der Waals surface area contributed by atoms with Crippen LogP contribution < -0.4 is 16.8 Å². The van der Waals surface area contributed by atoms with E-state index in [4.69, 9.17) is 23.1 Å². The Morgan fingerprint density at radius 2 is 1.89 bits per heavy atom. The van der Waals surface area contributed by atoms with E-state index in [9.17, 15) is 0 Å². The Hall–Kier alpha value is -0.770. The summed E-state index contributed by atoms with van der Waals surface area (Å²) < 4.78 is 0. The highest BCUT2D eigenvalue weighted by molar-refractivity contribution is 6.33. The minimum Gasteiger partial charge on any atom is -0.397 e. The molecule has 3 atom stereocenters. The average Bonchev–Trinajstić information content (AvgIpc) is 2.71. The first kappa shape index (κ1) is 12.3. The van der Waals surface area contributed by atoms with Gasteiger partial charge in [0.15, 0.2) is 0 Å². The van der Waals surface area contributed by atoms with Crippen molar-refractivity contribution in [1.82, 2.24) is 5.32 Å². The molecule has 2 saturated heterocycles. The second-order valence-electron chi connectivity index (χ2n) is 5.64. The number of anilines is 1. The molecular weight excluding hydrogens is 246 g/mol. The summed E-state index contributed by atoms with van der Waals surface area (Å²) >= 11 is 6.07. The van der Waals surface area contributed by atoms with Crippen LogP contribution in [0.15, 0.2) is 18.2 Å². The van der Waals surface area contributed by atoms with Crippen molar-refractivity contribution < 1.29 is 0 Å². The van der Waals surface area contributed by atoms with Crippen molar-refractivity contribution in [2.45, 2.75) is 43.8 Å². The summed E-state index contributed by atoms with van der Waals surface area (Å²) in [5.41, 5.74) is 14.1. The third kappa shape index (κ3) is 2.11. The smallest absolute Gasteiger partial charge is 0.0638 e. The number of piperidine rings is 1. The Balaban J connectivity index is 1.82. The second kappa shape index (κ2) is 4.72. The molecular formula is C14H20ClN3. The largest absolute Gasteiger partial charge is 0.397 e. The molecule has 0 spiro atoms. The quantitative estimate of drug-likeness (QED) is 0.720. The zero-order chi connectivity index (χ0) is 12.7. The first-order chi connectivity index (χ1) is 8.65. The lowest BCUT2D eigenvalue weighted by atomic mass is 9.83. The van der Waals surface area contributed by atoms with E-state index in [0.717, 1.165) is 18.4 Å². The first-order valence-corrected chi connectivity index (χ1v) is 7.08. The zero-order valence-electron chi connectivity index (χ0n) is 10.4. The van der Waals surface area contributed by atoms with E-state index in [0.29, 0.717) is 28.7 Å². The number of hydrogen-bond donors (Lipinski definition) is 3. The second-order valence-corrected chi connectivity index (χ2v) is 6.05. The predicted molar refractivity (Wildman–Crippen MR) is 75.5 cm³/mol. The van der Waals surface area contributed by atoms with Crippen LogP contribution in [0.3, 0.4) is 0 Å². The Bertz CT molecular complexity index is 437. The fraction of sp³-hybridized carbons (Fsp3) is 0.571. The molecule has 2 bridgehead atoms. The Kier molecular flexibility index (Phi) is 3.22. The number of hydrogen-bond acceptors (Lipinski definition) is 3. The number of halogens is 1. The van der Waals surface area contributed by atoms with E-state index >= 15 is 0 Å². The summed E-state index contributed by atoms with van der Waals surface area (Å²) in [5.74, 6) is 0.518. The van der Waals surface area contributed by atoms with Crippen molar-refractivity contribution in [3.8, 4) is 0 Å². The van der Waals surface area contributed by atoms with Crippen LogP contribution in [-0.4, -0.2) is 12.1 Å². The number of fused-ring (bicyclic) bond motifs is 2. The molecule has 0 aromatic heterocycles. The molecule has 1 aromatic rings. The number of rotatable bonds is 2. The van der Waals surface area contributed by atoms with Gasteiger partial charge in [-0.15, -0.1) is 0 Å². The lowest BCUT2D eigenvalue weighted by molar-refractivity contribution is 0.263. The van der Waals surface area contributed by atoms with Crippen molar-refractivity contribution in [2.75, 3.05) is 5.73 Å². The molecule has 3 nitrogen and oxygen atoms in total. The molecule has 2 fully saturated rings. The molecule has 98 valence electrons. The maximum atomic E-state index is 6.43. The van der Waals surface area contributed by atoms with E-state index in [1.807, 2.05) is 18.2 Å². The number of nitrogen functional groups attached to an aromatic ring is 1. The SMILES string of the molecule is Nc1c(Cl)cccc1C(N)C1CC2CCC(C1)N2. The number of para-hydroxylation sites is 1. The summed E-state index contributed by atoms with van der Waals surface area (Å²) in [5, 5.41) is 4.25. The van der Waals surface area contributed by atoms with Crippen LogP contribution in [0.5, 0.6) is 0 Å². The molecule has 0 amide bonds. The highest BCUT2D eigenvalue weighted by Crippen LogP contribution is 2.39. The van der Waals surface area contributed by atoms with Gasteiger partial charge in [-0.25, -0.2) is 0 Å². The van der Waals surface area contributed by atoms with Crippen LogP contribution in [0.4, 0.5) is 5.69 Å². The maximum absolute atomic E-state index is 6.43. The molecule has 0 saturated carbocycles. The number of nitrogens with two attached hydrogens (primary N) is 2. The number of benzene rings is 1. The first-order valence-electron chi connectivity index (χ1n) is 6.70. The molecule has 2 aliphatic heterocycles. The van der Waals surface area contributed by atoms with Crippen LogP contribution >= 0.6 is 11.6 Å². The summed E-state index contributed by atoms with van der Waals surface area (Å²) in [7, 11) is 0. The van der Waals surface area contributed by atoms with Gasteiger partial charge in [-0.05, 0) is 43.2 Å². The average molecular weight is 266 g/mol. The lowest BCUT2D eigenvalue weighted by Crippen LogP contribution is -2.41. The molecule has 18 heavy (non-hydrogen) atoms. The van der Waals surface area contributed by atoms with E-state index in [-0.39, 0.29) is 6.04 Å². The molecule has 5 N–H and O–H groups in total. The monoisotopic (exact) mass is 265 g/mol. The van der Waals surface area contributed by atoms with Gasteiger partial charge < -0.3 is 16.8 Å². The van der Waals surface area contributed by atoms with E-state index in [2.05, 4.69) is 5.32 Å². The van der Waals surface area contributed by atoms with Gasteiger partial charge in [-0.2, -0.15) is 0 Å². The zero-order valence-corrected chi connectivity index (χ0v) is 11.2. The Morgan fingerprint density at radius 3 is 2.56 bits per heavy atom. The minimum atomic E-state index is 0.00824. The molecule has 3 unspecified atom stereocenters. The van der Waals surface area contributed by atoms with Gasteiger partial charge in [0.1, 0.15) is 0 Å². The van der Waals surface area contributed by atoms with Gasteiger partial charge in [-0.1, -0.05) is 23.7 Å². The molecule has 0 aliphatic carbocycles. The standard InChI is InChI=1S/C14H20ClN3/c15-12-3-1-2-11(14(12)17)13(16)8-6-9-4-5-10(7-8)18-9/h1-3,8-10,13,18H,4-7,16-17H2. The van der Waals surface area contributed by atoms with Crippen molar-refractivity contribution in [1.29, 1.82) is 0 Å². The summed E-state index contributed by atoms with van der Waals surface area (Å²) in [6, 6.07) is 7.08. The van der Waals surface area contributed by atoms with E-state index in [1.54, 1.807) is 0 Å². The number of nitrogens with one attached hydrogen (secondary N) is 1. The van der Waals surface area contributed by atoms with Crippen molar-refractivity contribution >= 4 is 17.3 Å². The van der Waals surface area contributed by atoms with Crippen molar-refractivity contribution in [3.05, 3.63) is 28.8 Å². The third-order valence-electron chi connectivity index (χ3n) is 4.46. The Labute approximate surface area is 113 Å². The van der Waals surface area contributed by atoms with Gasteiger partial charge in [0.2, 0.25) is 0 Å². The predicted octanol–water partition coefficient (Wildman–Crippen LogP) is 2.45. The molecule has 2 aliphatic rings. The van der Waals surface area contributed by atoms with Crippen LogP contribution in [0.1, 0.15) is 37.3 Å². The van der Waals surface area contributed by atoms with Gasteiger partial charge in [0, 0.05) is 18.1 Å². The summed E-state index contributed by atoms with van der Waals surface area (Å²) in [6.07, 6.45) is 4.89. The van der Waals surface area contributed by atoms with Crippen molar-refractivity contribution in [2.24, 2.45) is 11.7 Å². The maximum Gasteiger partial charge on any atom is 0.0638 e. The van der Waals surface area contributed by atoms with Crippen LogP contribution in [0.2, 0.25) is 5.02 Å². The van der Waals surface area contributed by atoms with Gasteiger partial charge in [0.05, 0.1) is 10.7 Å². The van der Waals surface area contributed by atoms with Crippen LogP contribution in [-0.2, 0) is 0 Å². The van der Waals surface area contributed by atoms with Gasteiger partial charge >= 0.3 is 0 Å². The molecule has 4 heteroatoms. The molecule has 3 rings (SSSR count). The third-order valence-corrected chi connectivity index (χ3v) is 4.79.